The molecule has 0 spiro atoms. The summed E-state index contributed by atoms with van der Waals surface area (Å²) in [5, 5.41) is 3.51. The van der Waals surface area contributed by atoms with Crippen molar-refractivity contribution in [3.8, 4) is 0 Å². The van der Waals surface area contributed by atoms with Gasteiger partial charge in [-0.15, -0.1) is 11.8 Å². The molecule has 0 amide bonds. The molecule has 1 unspecified atom stereocenters. The molecule has 3 heteroatoms. The van der Waals surface area contributed by atoms with E-state index in [1.54, 1.807) is 11.8 Å². The summed E-state index contributed by atoms with van der Waals surface area (Å²) in [5.74, 6) is 0. The Morgan fingerprint density at radius 1 is 1.10 bits per heavy atom. The van der Waals surface area contributed by atoms with E-state index in [1.807, 2.05) is 0 Å². The Morgan fingerprint density at radius 2 is 1.95 bits per heavy atom. The zero-order valence-electron chi connectivity index (χ0n) is 11.8. The van der Waals surface area contributed by atoms with Gasteiger partial charge in [-0.05, 0) is 30.0 Å². The molecular weight excluding hydrogens is 264 g/mol. The van der Waals surface area contributed by atoms with Crippen molar-refractivity contribution in [2.45, 2.75) is 10.9 Å². The number of benzene rings is 2. The van der Waals surface area contributed by atoms with Gasteiger partial charge in [-0.3, -0.25) is 0 Å². The summed E-state index contributed by atoms with van der Waals surface area (Å²) >= 11 is 1.80. The Labute approximate surface area is 125 Å². The fraction of sp³-hybridized carbons (Fsp3) is 0.294. The molecule has 0 aromatic heterocycles. The normalized spacial score (nSPS) is 19.1. The third kappa shape index (κ3) is 2.84. The molecule has 0 bridgehead atoms. The highest BCUT2D eigenvalue weighted by atomic mass is 32.2. The van der Waals surface area contributed by atoms with Crippen LogP contribution in [0, 0.1) is 0 Å². The van der Waals surface area contributed by atoms with Crippen LogP contribution in [0.3, 0.4) is 0 Å². The van der Waals surface area contributed by atoms with Crippen molar-refractivity contribution in [3.05, 3.63) is 60.2 Å². The van der Waals surface area contributed by atoms with Crippen LogP contribution in [0.25, 0.3) is 0 Å². The predicted octanol–water partition coefficient (Wildman–Crippen LogP) is 3.56. The lowest BCUT2D eigenvalue weighted by Gasteiger charge is -2.38. The first-order valence-corrected chi connectivity index (χ1v) is 8.27. The first-order valence-electron chi connectivity index (χ1n) is 7.05. The fourth-order valence-electron chi connectivity index (χ4n) is 2.78. The molecule has 1 aliphatic rings. The Kier molecular flexibility index (Phi) is 4.28. The summed E-state index contributed by atoms with van der Waals surface area (Å²) in [6, 6.07) is 20.1. The van der Waals surface area contributed by atoms with Gasteiger partial charge in [-0.1, -0.05) is 36.4 Å². The van der Waals surface area contributed by atoms with Crippen LogP contribution in [-0.2, 0) is 0 Å². The van der Waals surface area contributed by atoms with Crippen LogP contribution in [-0.4, -0.2) is 25.9 Å². The van der Waals surface area contributed by atoms with Gasteiger partial charge in [0, 0.05) is 30.2 Å². The molecule has 1 saturated heterocycles. The van der Waals surface area contributed by atoms with Crippen molar-refractivity contribution in [2.75, 3.05) is 30.8 Å². The van der Waals surface area contributed by atoms with Crippen LogP contribution in [0.15, 0.2) is 59.5 Å². The summed E-state index contributed by atoms with van der Waals surface area (Å²) in [5.41, 5.74) is 2.71. The number of piperazine rings is 1. The minimum absolute atomic E-state index is 0.419. The summed E-state index contributed by atoms with van der Waals surface area (Å²) < 4.78 is 0. The lowest BCUT2D eigenvalue weighted by molar-refractivity contribution is 0.489. The average molecular weight is 284 g/mol. The number of hydrogen-bond donors (Lipinski definition) is 1. The Bertz CT molecular complexity index is 556. The zero-order chi connectivity index (χ0) is 13.8. The summed E-state index contributed by atoms with van der Waals surface area (Å²) in [6.07, 6.45) is 2.13. The van der Waals surface area contributed by atoms with Gasteiger partial charge in [0.05, 0.1) is 6.04 Å². The molecule has 0 radical (unpaired) electrons. The summed E-state index contributed by atoms with van der Waals surface area (Å²) in [6.45, 7) is 3.11. The molecule has 1 N–H and O–H groups in total. The van der Waals surface area contributed by atoms with E-state index < -0.39 is 0 Å². The maximum absolute atomic E-state index is 3.51. The maximum Gasteiger partial charge on any atom is 0.0667 e. The first kappa shape index (κ1) is 13.5. The van der Waals surface area contributed by atoms with Crippen molar-refractivity contribution >= 4 is 17.4 Å². The van der Waals surface area contributed by atoms with E-state index in [0.717, 1.165) is 19.6 Å². The van der Waals surface area contributed by atoms with Crippen LogP contribution >= 0.6 is 11.8 Å². The predicted molar refractivity (Wildman–Crippen MR) is 87.6 cm³/mol. The van der Waals surface area contributed by atoms with Crippen LogP contribution < -0.4 is 10.2 Å². The average Bonchev–Trinajstić information content (AvgIpc) is 2.56. The minimum Gasteiger partial charge on any atom is -0.362 e. The quantitative estimate of drug-likeness (QED) is 0.868. The smallest absolute Gasteiger partial charge is 0.0667 e. The molecule has 1 heterocycles. The van der Waals surface area contributed by atoms with E-state index in [-0.39, 0.29) is 0 Å². The largest absolute Gasteiger partial charge is 0.362 e. The highest BCUT2D eigenvalue weighted by molar-refractivity contribution is 7.98. The summed E-state index contributed by atoms with van der Waals surface area (Å²) in [7, 11) is 0. The number of hydrogen-bond acceptors (Lipinski definition) is 3. The van der Waals surface area contributed by atoms with E-state index in [4.69, 9.17) is 0 Å². The molecule has 2 aromatic carbocycles. The van der Waals surface area contributed by atoms with E-state index in [2.05, 4.69) is 71.1 Å². The standard InChI is InChI=1S/C17H20N2S/c1-20-16-9-5-8-15(12-16)19-11-10-18-13-17(19)14-6-3-2-4-7-14/h2-9,12,17-18H,10-11,13H2,1H3. The molecule has 2 aromatic rings. The van der Waals surface area contributed by atoms with Crippen molar-refractivity contribution in [1.29, 1.82) is 0 Å². The van der Waals surface area contributed by atoms with E-state index in [1.165, 1.54) is 16.1 Å². The van der Waals surface area contributed by atoms with Crippen molar-refractivity contribution in [3.63, 3.8) is 0 Å². The van der Waals surface area contributed by atoms with Gasteiger partial charge in [0.2, 0.25) is 0 Å². The maximum atomic E-state index is 3.51. The molecule has 20 heavy (non-hydrogen) atoms. The Hall–Kier alpha value is -1.45. The molecule has 2 nitrogen and oxygen atoms in total. The van der Waals surface area contributed by atoms with Crippen molar-refractivity contribution < 1.29 is 0 Å². The molecule has 104 valence electrons. The zero-order valence-corrected chi connectivity index (χ0v) is 12.6. The van der Waals surface area contributed by atoms with Crippen LogP contribution in [0.5, 0.6) is 0 Å². The number of anilines is 1. The van der Waals surface area contributed by atoms with Gasteiger partial charge >= 0.3 is 0 Å². The van der Waals surface area contributed by atoms with Crippen molar-refractivity contribution in [1.82, 2.24) is 5.32 Å². The second kappa shape index (κ2) is 6.33. The van der Waals surface area contributed by atoms with Gasteiger partial charge in [-0.2, -0.15) is 0 Å². The van der Waals surface area contributed by atoms with Gasteiger partial charge in [-0.25, -0.2) is 0 Å². The van der Waals surface area contributed by atoms with Gasteiger partial charge in [0.25, 0.3) is 0 Å². The Balaban J connectivity index is 1.92. The SMILES string of the molecule is CSc1cccc(N2CCNCC2c2ccccc2)c1. The molecule has 1 aliphatic heterocycles. The third-order valence-electron chi connectivity index (χ3n) is 3.81. The Morgan fingerprint density at radius 3 is 2.75 bits per heavy atom. The summed E-state index contributed by atoms with van der Waals surface area (Å²) in [4.78, 5) is 3.85. The minimum atomic E-state index is 0.419. The van der Waals surface area contributed by atoms with E-state index >= 15 is 0 Å². The molecule has 3 rings (SSSR count). The van der Waals surface area contributed by atoms with Crippen molar-refractivity contribution in [2.24, 2.45) is 0 Å². The van der Waals surface area contributed by atoms with Gasteiger partial charge in [0.1, 0.15) is 0 Å². The topological polar surface area (TPSA) is 15.3 Å². The second-order valence-electron chi connectivity index (χ2n) is 5.03. The monoisotopic (exact) mass is 284 g/mol. The number of rotatable bonds is 3. The number of thioether (sulfide) groups is 1. The van der Waals surface area contributed by atoms with E-state index in [0.29, 0.717) is 6.04 Å². The van der Waals surface area contributed by atoms with Crippen LogP contribution in [0.2, 0.25) is 0 Å². The highest BCUT2D eigenvalue weighted by Gasteiger charge is 2.23. The molecular formula is C17H20N2S. The number of nitrogens with one attached hydrogen (secondary N) is 1. The molecule has 1 atom stereocenters. The molecule has 0 saturated carbocycles. The van der Waals surface area contributed by atoms with Crippen LogP contribution in [0.1, 0.15) is 11.6 Å². The first-order chi connectivity index (χ1) is 9.88. The van der Waals surface area contributed by atoms with Crippen LogP contribution in [0.4, 0.5) is 5.69 Å². The highest BCUT2D eigenvalue weighted by Crippen LogP contribution is 2.30. The van der Waals surface area contributed by atoms with Gasteiger partial charge < -0.3 is 10.2 Å². The third-order valence-corrected chi connectivity index (χ3v) is 4.54. The molecule has 0 aliphatic carbocycles. The number of nitrogens with zero attached hydrogens (tertiary/aromatic N) is 1. The van der Waals surface area contributed by atoms with E-state index in [9.17, 15) is 0 Å². The lowest BCUT2D eigenvalue weighted by atomic mass is 10.0. The van der Waals surface area contributed by atoms with Gasteiger partial charge in [0.15, 0.2) is 0 Å². The second-order valence-corrected chi connectivity index (χ2v) is 5.91. The lowest BCUT2D eigenvalue weighted by Crippen LogP contribution is -2.46. The molecule has 1 fully saturated rings. The fourth-order valence-corrected chi connectivity index (χ4v) is 3.23.